The molecule has 0 aliphatic carbocycles. The van der Waals surface area contributed by atoms with E-state index >= 15 is 0 Å². The SMILES string of the molecule is CCOC(=O)c1ccc(NC(=O)CSc2nnc(C(C)Oc3ccccc3C)n2C)cc1. The molecule has 1 amide bonds. The number of carbonyl (C=O) groups excluding carboxylic acids is 2. The van der Waals surface area contributed by atoms with E-state index in [4.69, 9.17) is 9.47 Å². The Bertz CT molecular complexity index is 1080. The zero-order chi connectivity index (χ0) is 23.1. The Kier molecular flexibility index (Phi) is 7.88. The maximum Gasteiger partial charge on any atom is 0.338 e. The van der Waals surface area contributed by atoms with Crippen molar-refractivity contribution in [1.82, 2.24) is 14.8 Å². The zero-order valence-corrected chi connectivity index (χ0v) is 19.3. The second kappa shape index (κ2) is 10.8. The van der Waals surface area contributed by atoms with Gasteiger partial charge in [0.05, 0.1) is 17.9 Å². The van der Waals surface area contributed by atoms with Crippen molar-refractivity contribution in [3.8, 4) is 5.75 Å². The summed E-state index contributed by atoms with van der Waals surface area (Å²) in [5.41, 5.74) is 2.08. The molecule has 0 aliphatic rings. The molecule has 0 saturated heterocycles. The Balaban J connectivity index is 1.54. The van der Waals surface area contributed by atoms with E-state index in [-0.39, 0.29) is 23.7 Å². The smallest absolute Gasteiger partial charge is 0.338 e. The highest BCUT2D eigenvalue weighted by Gasteiger charge is 2.18. The summed E-state index contributed by atoms with van der Waals surface area (Å²) >= 11 is 1.28. The minimum Gasteiger partial charge on any atom is -0.482 e. The van der Waals surface area contributed by atoms with Crippen LogP contribution in [0.5, 0.6) is 5.75 Å². The molecule has 0 bridgehead atoms. The maximum absolute atomic E-state index is 12.3. The molecular formula is C23H26N4O4S. The van der Waals surface area contributed by atoms with Gasteiger partial charge in [0.25, 0.3) is 0 Å². The topological polar surface area (TPSA) is 95.3 Å². The number of aryl methyl sites for hydroxylation is 1. The van der Waals surface area contributed by atoms with Crippen LogP contribution in [-0.4, -0.2) is 39.0 Å². The molecule has 0 saturated carbocycles. The molecule has 1 heterocycles. The fraction of sp³-hybridized carbons (Fsp3) is 0.304. The fourth-order valence-corrected chi connectivity index (χ4v) is 3.69. The van der Waals surface area contributed by atoms with Crippen LogP contribution in [0.25, 0.3) is 0 Å². The van der Waals surface area contributed by atoms with E-state index in [1.807, 2.05) is 49.7 Å². The van der Waals surface area contributed by atoms with Crippen molar-refractivity contribution in [2.75, 3.05) is 17.7 Å². The van der Waals surface area contributed by atoms with Crippen LogP contribution in [-0.2, 0) is 16.6 Å². The molecule has 8 nitrogen and oxygen atoms in total. The molecule has 1 N–H and O–H groups in total. The number of benzene rings is 2. The molecule has 168 valence electrons. The van der Waals surface area contributed by atoms with Gasteiger partial charge in [0, 0.05) is 12.7 Å². The van der Waals surface area contributed by atoms with E-state index in [0.29, 0.717) is 28.8 Å². The molecule has 1 aromatic heterocycles. The van der Waals surface area contributed by atoms with Gasteiger partial charge < -0.3 is 19.4 Å². The zero-order valence-electron chi connectivity index (χ0n) is 18.5. The van der Waals surface area contributed by atoms with Gasteiger partial charge in [0.15, 0.2) is 17.1 Å². The lowest BCUT2D eigenvalue weighted by molar-refractivity contribution is -0.113. The van der Waals surface area contributed by atoms with Crippen LogP contribution in [0.1, 0.15) is 41.7 Å². The van der Waals surface area contributed by atoms with Crippen molar-refractivity contribution in [2.24, 2.45) is 7.05 Å². The van der Waals surface area contributed by atoms with E-state index in [1.54, 1.807) is 31.2 Å². The molecular weight excluding hydrogens is 428 g/mol. The molecule has 32 heavy (non-hydrogen) atoms. The van der Waals surface area contributed by atoms with Crippen LogP contribution in [0.3, 0.4) is 0 Å². The average Bonchev–Trinajstić information content (AvgIpc) is 3.15. The third-order valence-corrected chi connectivity index (χ3v) is 5.66. The van der Waals surface area contributed by atoms with E-state index in [2.05, 4.69) is 15.5 Å². The first-order valence-electron chi connectivity index (χ1n) is 10.2. The van der Waals surface area contributed by atoms with Crippen LogP contribution in [0.15, 0.2) is 53.7 Å². The van der Waals surface area contributed by atoms with Gasteiger partial charge in [0.1, 0.15) is 5.75 Å². The number of esters is 1. The van der Waals surface area contributed by atoms with Gasteiger partial charge in [-0.2, -0.15) is 0 Å². The van der Waals surface area contributed by atoms with Crippen LogP contribution in [0.4, 0.5) is 5.69 Å². The van der Waals surface area contributed by atoms with Gasteiger partial charge in [0.2, 0.25) is 5.91 Å². The molecule has 1 unspecified atom stereocenters. The van der Waals surface area contributed by atoms with Crippen molar-refractivity contribution in [3.05, 3.63) is 65.5 Å². The van der Waals surface area contributed by atoms with E-state index in [9.17, 15) is 9.59 Å². The standard InChI is InChI=1S/C23H26N4O4S/c1-5-30-22(29)17-10-12-18(13-11-17)24-20(28)14-32-23-26-25-21(27(23)4)16(3)31-19-9-7-6-8-15(19)2/h6-13,16H,5,14H2,1-4H3,(H,24,28). The highest BCUT2D eigenvalue weighted by Crippen LogP contribution is 2.25. The summed E-state index contributed by atoms with van der Waals surface area (Å²) < 4.78 is 12.8. The number of ether oxygens (including phenoxy) is 2. The van der Waals surface area contributed by atoms with Crippen molar-refractivity contribution in [1.29, 1.82) is 0 Å². The van der Waals surface area contributed by atoms with Gasteiger partial charge in [-0.25, -0.2) is 4.79 Å². The number of hydrogen-bond acceptors (Lipinski definition) is 7. The van der Waals surface area contributed by atoms with Crippen LogP contribution >= 0.6 is 11.8 Å². The molecule has 0 radical (unpaired) electrons. The molecule has 0 fully saturated rings. The number of hydrogen-bond donors (Lipinski definition) is 1. The number of carbonyl (C=O) groups is 2. The summed E-state index contributed by atoms with van der Waals surface area (Å²) in [6, 6.07) is 14.4. The van der Waals surface area contributed by atoms with Gasteiger partial charge in [-0.3, -0.25) is 4.79 Å². The minimum absolute atomic E-state index is 0.165. The molecule has 0 spiro atoms. The molecule has 3 rings (SSSR count). The van der Waals surface area contributed by atoms with Crippen LogP contribution in [0.2, 0.25) is 0 Å². The summed E-state index contributed by atoms with van der Waals surface area (Å²) in [4.78, 5) is 24.0. The first-order chi connectivity index (χ1) is 15.4. The Labute approximate surface area is 191 Å². The lowest BCUT2D eigenvalue weighted by Crippen LogP contribution is -2.15. The predicted octanol–water partition coefficient (Wildman–Crippen LogP) is 4.17. The lowest BCUT2D eigenvalue weighted by atomic mass is 10.2. The summed E-state index contributed by atoms with van der Waals surface area (Å²) in [5, 5.41) is 11.9. The number of aromatic nitrogens is 3. The predicted molar refractivity (Wildman–Crippen MR) is 123 cm³/mol. The van der Waals surface area contributed by atoms with Crippen LogP contribution in [0, 0.1) is 6.92 Å². The van der Waals surface area contributed by atoms with Gasteiger partial charge in [-0.15, -0.1) is 10.2 Å². The maximum atomic E-state index is 12.3. The number of amides is 1. The number of para-hydroxylation sites is 1. The Hall–Kier alpha value is -3.33. The Morgan fingerprint density at radius 3 is 2.53 bits per heavy atom. The average molecular weight is 455 g/mol. The quantitative estimate of drug-likeness (QED) is 0.383. The number of thioether (sulfide) groups is 1. The van der Waals surface area contributed by atoms with Crippen molar-refractivity contribution < 1.29 is 19.1 Å². The van der Waals surface area contributed by atoms with E-state index in [1.165, 1.54) is 11.8 Å². The number of nitrogens with zero attached hydrogens (tertiary/aromatic N) is 3. The second-order valence-corrected chi connectivity index (χ2v) is 8.00. The minimum atomic E-state index is -0.389. The monoisotopic (exact) mass is 454 g/mol. The van der Waals surface area contributed by atoms with E-state index < -0.39 is 0 Å². The van der Waals surface area contributed by atoms with Crippen molar-refractivity contribution >= 4 is 29.3 Å². The largest absolute Gasteiger partial charge is 0.482 e. The summed E-state index contributed by atoms with van der Waals surface area (Å²) in [6.07, 6.45) is -0.297. The normalized spacial score (nSPS) is 11.6. The molecule has 9 heteroatoms. The number of nitrogens with one attached hydrogen (secondary N) is 1. The first-order valence-corrected chi connectivity index (χ1v) is 11.2. The van der Waals surface area contributed by atoms with Gasteiger partial charge >= 0.3 is 5.97 Å². The summed E-state index contributed by atoms with van der Waals surface area (Å²) in [5.74, 6) is 1.06. The third-order valence-electron chi connectivity index (χ3n) is 4.64. The first kappa shape index (κ1) is 23.3. The number of rotatable bonds is 9. The summed E-state index contributed by atoms with van der Waals surface area (Å²) in [6.45, 7) is 5.97. The molecule has 0 aliphatic heterocycles. The van der Waals surface area contributed by atoms with Crippen LogP contribution < -0.4 is 10.1 Å². The number of anilines is 1. The van der Waals surface area contributed by atoms with Gasteiger partial charge in [-0.1, -0.05) is 30.0 Å². The van der Waals surface area contributed by atoms with E-state index in [0.717, 1.165) is 11.3 Å². The highest BCUT2D eigenvalue weighted by atomic mass is 32.2. The fourth-order valence-electron chi connectivity index (χ4n) is 2.97. The Morgan fingerprint density at radius 2 is 1.84 bits per heavy atom. The molecule has 3 aromatic rings. The Morgan fingerprint density at radius 1 is 1.12 bits per heavy atom. The lowest BCUT2D eigenvalue weighted by Gasteiger charge is -2.15. The van der Waals surface area contributed by atoms with Crippen molar-refractivity contribution in [2.45, 2.75) is 32.0 Å². The summed E-state index contributed by atoms with van der Waals surface area (Å²) in [7, 11) is 1.85. The van der Waals surface area contributed by atoms with Crippen molar-refractivity contribution in [3.63, 3.8) is 0 Å². The molecule has 2 aromatic carbocycles. The highest BCUT2D eigenvalue weighted by molar-refractivity contribution is 7.99. The second-order valence-electron chi connectivity index (χ2n) is 7.06. The third kappa shape index (κ3) is 5.88. The molecule has 1 atom stereocenters. The van der Waals surface area contributed by atoms with Gasteiger partial charge in [-0.05, 0) is 56.7 Å².